The summed E-state index contributed by atoms with van der Waals surface area (Å²) < 4.78 is 52.3. The lowest BCUT2D eigenvalue weighted by molar-refractivity contribution is -0.274. The molecule has 0 fully saturated rings. The summed E-state index contributed by atoms with van der Waals surface area (Å²) >= 11 is 0. The zero-order valence-electron chi connectivity index (χ0n) is 16.9. The van der Waals surface area contributed by atoms with Crippen molar-refractivity contribution in [1.82, 2.24) is 0 Å². The first-order chi connectivity index (χ1) is 15.7. The summed E-state index contributed by atoms with van der Waals surface area (Å²) in [5.41, 5.74) is 2.49. The van der Waals surface area contributed by atoms with Gasteiger partial charge >= 0.3 is 12.3 Å². The number of carbonyl (C=O) groups is 1. The van der Waals surface area contributed by atoms with Crippen LogP contribution >= 0.6 is 0 Å². The fraction of sp³-hybridized carbons (Fsp3) is 0.208. The van der Waals surface area contributed by atoms with Crippen molar-refractivity contribution in [3.05, 3.63) is 82.9 Å². The number of carboxylic acids is 1. The standard InChI is InChI=1S/C24H17F3O6/c25-24(26,27)33-15-5-1-12(2-6-15)20-17-10-14(28)4-7-16(17)21(22(20)23(29)30)13-3-8-18-19(9-13)32-11-31-18/h1-10,20-22,28H,11H2,(H,29,30). The first kappa shape index (κ1) is 21.0. The van der Waals surface area contributed by atoms with Crippen LogP contribution in [0.2, 0.25) is 0 Å². The summed E-state index contributed by atoms with van der Waals surface area (Å²) in [5, 5.41) is 20.3. The van der Waals surface area contributed by atoms with Crippen LogP contribution in [0.1, 0.15) is 34.1 Å². The smallest absolute Gasteiger partial charge is 0.508 e. The Hall–Kier alpha value is -3.88. The third-order valence-corrected chi connectivity index (χ3v) is 5.97. The summed E-state index contributed by atoms with van der Waals surface area (Å²) in [4.78, 5) is 12.5. The minimum Gasteiger partial charge on any atom is -0.508 e. The number of hydrogen-bond acceptors (Lipinski definition) is 5. The third kappa shape index (κ3) is 3.79. The van der Waals surface area contributed by atoms with Gasteiger partial charge in [0.15, 0.2) is 11.5 Å². The van der Waals surface area contributed by atoms with Crippen LogP contribution in [0.15, 0.2) is 60.7 Å². The Balaban J connectivity index is 1.61. The minimum absolute atomic E-state index is 0.0359. The number of fused-ring (bicyclic) bond motifs is 2. The minimum atomic E-state index is -4.83. The molecule has 0 aromatic heterocycles. The van der Waals surface area contributed by atoms with Gasteiger partial charge in [-0.15, -0.1) is 13.2 Å². The second-order valence-corrected chi connectivity index (χ2v) is 7.86. The summed E-state index contributed by atoms with van der Waals surface area (Å²) in [5.74, 6) is -2.71. The van der Waals surface area contributed by atoms with Crippen molar-refractivity contribution < 1.29 is 42.4 Å². The zero-order valence-corrected chi connectivity index (χ0v) is 16.9. The molecule has 9 heteroatoms. The molecule has 0 amide bonds. The quantitative estimate of drug-likeness (QED) is 0.573. The molecule has 6 nitrogen and oxygen atoms in total. The maximum atomic E-state index is 12.5. The van der Waals surface area contributed by atoms with E-state index in [1.807, 2.05) is 0 Å². The maximum absolute atomic E-state index is 12.5. The Morgan fingerprint density at radius 2 is 1.55 bits per heavy atom. The Morgan fingerprint density at radius 3 is 2.24 bits per heavy atom. The molecular weight excluding hydrogens is 441 g/mol. The molecule has 0 saturated carbocycles. The second kappa shape index (κ2) is 7.61. The maximum Gasteiger partial charge on any atom is 0.573 e. The predicted octanol–water partition coefficient (Wildman–Crippen LogP) is 5.00. The normalized spacial score (nSPS) is 21.0. The molecule has 0 saturated heterocycles. The highest BCUT2D eigenvalue weighted by Crippen LogP contribution is 2.54. The van der Waals surface area contributed by atoms with Crippen LogP contribution in [0.5, 0.6) is 23.0 Å². The molecule has 170 valence electrons. The molecule has 3 aromatic rings. The van der Waals surface area contributed by atoms with Gasteiger partial charge in [0.2, 0.25) is 6.79 Å². The second-order valence-electron chi connectivity index (χ2n) is 7.86. The molecular formula is C24H17F3O6. The topological polar surface area (TPSA) is 85.2 Å². The number of benzene rings is 3. The molecule has 3 unspecified atom stereocenters. The number of aromatic hydroxyl groups is 1. The molecule has 2 aliphatic rings. The van der Waals surface area contributed by atoms with Crippen LogP contribution < -0.4 is 14.2 Å². The fourth-order valence-electron chi connectivity index (χ4n) is 4.74. The van der Waals surface area contributed by atoms with Gasteiger partial charge in [0.05, 0.1) is 5.92 Å². The van der Waals surface area contributed by atoms with Crippen LogP contribution in [0.25, 0.3) is 0 Å². The Labute approximate surface area is 185 Å². The van der Waals surface area contributed by atoms with Crippen molar-refractivity contribution in [2.45, 2.75) is 18.2 Å². The molecule has 1 aliphatic carbocycles. The van der Waals surface area contributed by atoms with E-state index in [4.69, 9.17) is 9.47 Å². The van der Waals surface area contributed by atoms with Crippen molar-refractivity contribution in [3.8, 4) is 23.0 Å². The van der Waals surface area contributed by atoms with Gasteiger partial charge in [-0.05, 0) is 58.7 Å². The van der Waals surface area contributed by atoms with Gasteiger partial charge < -0.3 is 24.4 Å². The van der Waals surface area contributed by atoms with Gasteiger partial charge in [0.1, 0.15) is 11.5 Å². The summed E-state index contributed by atoms with van der Waals surface area (Å²) in [7, 11) is 0. The number of hydrogen-bond donors (Lipinski definition) is 2. The van der Waals surface area contributed by atoms with E-state index in [1.54, 1.807) is 24.3 Å². The van der Waals surface area contributed by atoms with Crippen molar-refractivity contribution >= 4 is 5.97 Å². The largest absolute Gasteiger partial charge is 0.573 e. The highest BCUT2D eigenvalue weighted by molar-refractivity contribution is 5.78. The summed E-state index contributed by atoms with van der Waals surface area (Å²) in [6.45, 7) is 0.0746. The van der Waals surface area contributed by atoms with Gasteiger partial charge in [-0.25, -0.2) is 0 Å². The van der Waals surface area contributed by atoms with E-state index < -0.39 is 35.8 Å². The highest BCUT2D eigenvalue weighted by Gasteiger charge is 2.47. The number of halogens is 3. The lowest BCUT2D eigenvalue weighted by Crippen LogP contribution is -2.24. The molecule has 1 heterocycles. The first-order valence-corrected chi connectivity index (χ1v) is 10.0. The van der Waals surface area contributed by atoms with E-state index in [0.29, 0.717) is 33.8 Å². The lowest BCUT2D eigenvalue weighted by Gasteiger charge is -2.23. The van der Waals surface area contributed by atoms with Crippen LogP contribution in [0.3, 0.4) is 0 Å². The predicted molar refractivity (Wildman–Crippen MR) is 109 cm³/mol. The average molecular weight is 458 g/mol. The molecule has 3 aromatic carbocycles. The van der Waals surface area contributed by atoms with E-state index in [1.165, 1.54) is 24.3 Å². The highest BCUT2D eigenvalue weighted by atomic mass is 19.4. The number of ether oxygens (including phenoxy) is 3. The van der Waals surface area contributed by atoms with Crippen LogP contribution in [0, 0.1) is 5.92 Å². The van der Waals surface area contributed by atoms with Gasteiger partial charge in [-0.2, -0.15) is 0 Å². The van der Waals surface area contributed by atoms with E-state index in [9.17, 15) is 28.2 Å². The Kier molecular flexibility index (Phi) is 4.84. The molecule has 0 radical (unpaired) electrons. The number of phenolic OH excluding ortho intramolecular Hbond substituents is 1. The molecule has 0 spiro atoms. The average Bonchev–Trinajstić information content (AvgIpc) is 3.34. The zero-order chi connectivity index (χ0) is 23.3. The number of alkyl halides is 3. The van der Waals surface area contributed by atoms with E-state index >= 15 is 0 Å². The molecule has 0 bridgehead atoms. The van der Waals surface area contributed by atoms with Gasteiger partial charge in [0, 0.05) is 11.8 Å². The Morgan fingerprint density at radius 1 is 0.879 bits per heavy atom. The van der Waals surface area contributed by atoms with Crippen molar-refractivity contribution in [1.29, 1.82) is 0 Å². The van der Waals surface area contributed by atoms with Crippen LogP contribution in [-0.2, 0) is 4.79 Å². The molecule has 33 heavy (non-hydrogen) atoms. The molecule has 5 rings (SSSR count). The van der Waals surface area contributed by atoms with Crippen LogP contribution in [0.4, 0.5) is 13.2 Å². The van der Waals surface area contributed by atoms with E-state index in [2.05, 4.69) is 4.74 Å². The van der Waals surface area contributed by atoms with Crippen molar-refractivity contribution in [2.24, 2.45) is 5.92 Å². The van der Waals surface area contributed by atoms with Crippen molar-refractivity contribution in [3.63, 3.8) is 0 Å². The Bertz CT molecular complexity index is 1220. The number of aliphatic carboxylic acids is 1. The number of carboxylic acid groups (broad SMARTS) is 1. The summed E-state index contributed by atoms with van der Waals surface area (Å²) in [6, 6.07) is 15.0. The van der Waals surface area contributed by atoms with Gasteiger partial charge in [-0.3, -0.25) is 4.79 Å². The third-order valence-electron chi connectivity index (χ3n) is 5.97. The van der Waals surface area contributed by atoms with Gasteiger partial charge in [-0.1, -0.05) is 24.3 Å². The first-order valence-electron chi connectivity index (χ1n) is 10.0. The SMILES string of the molecule is O=C(O)C1C(c2ccc3c(c2)OCO3)c2ccc(O)cc2C1c1ccc(OC(F)(F)F)cc1. The van der Waals surface area contributed by atoms with E-state index in [0.717, 1.165) is 12.1 Å². The van der Waals surface area contributed by atoms with Gasteiger partial charge in [0.25, 0.3) is 0 Å². The lowest BCUT2D eigenvalue weighted by atomic mass is 9.79. The van der Waals surface area contributed by atoms with Crippen molar-refractivity contribution in [2.75, 3.05) is 6.79 Å². The molecule has 3 atom stereocenters. The molecule has 2 N–H and O–H groups in total. The number of phenols is 1. The van der Waals surface area contributed by atoms with Crippen LogP contribution in [-0.4, -0.2) is 29.3 Å². The molecule has 1 aliphatic heterocycles. The number of rotatable bonds is 4. The summed E-state index contributed by atoms with van der Waals surface area (Å²) in [6.07, 6.45) is -4.83. The monoisotopic (exact) mass is 458 g/mol. The van der Waals surface area contributed by atoms with E-state index in [-0.39, 0.29) is 12.5 Å². The fourth-order valence-corrected chi connectivity index (χ4v) is 4.74.